The summed E-state index contributed by atoms with van der Waals surface area (Å²) in [5.41, 5.74) is 6.69. The number of hydrogen-bond donors (Lipinski definition) is 1. The fourth-order valence-corrected chi connectivity index (χ4v) is 5.37. The smallest absolute Gasteiger partial charge is 0.315 e. The van der Waals surface area contributed by atoms with E-state index >= 15 is 0 Å². The minimum Gasteiger partial charge on any atom is -0.508 e. The molecule has 0 amide bonds. The van der Waals surface area contributed by atoms with E-state index in [0.717, 1.165) is 16.8 Å². The molecule has 2 heterocycles. The highest BCUT2D eigenvalue weighted by Crippen LogP contribution is 2.43. The van der Waals surface area contributed by atoms with Crippen LogP contribution in [0.3, 0.4) is 0 Å². The molecule has 2 aliphatic heterocycles. The van der Waals surface area contributed by atoms with Crippen LogP contribution in [0.15, 0.2) is 52.7 Å². The molecule has 4 rings (SSSR count). The first-order valence-corrected chi connectivity index (χ1v) is 11.3. The predicted octanol–water partition coefficient (Wildman–Crippen LogP) is 3.63. The summed E-state index contributed by atoms with van der Waals surface area (Å²) in [6, 6.07) is 10.9. The molecular formula is C27H30N2O5. The summed E-state index contributed by atoms with van der Waals surface area (Å²) in [5.74, 6) is -1.95. The first-order chi connectivity index (χ1) is 16.2. The first kappa shape index (κ1) is 23.7. The number of methoxy groups -OCH3 is 2. The van der Waals surface area contributed by atoms with E-state index < -0.39 is 17.8 Å². The van der Waals surface area contributed by atoms with Gasteiger partial charge in [0.1, 0.15) is 11.7 Å². The zero-order valence-corrected chi connectivity index (χ0v) is 20.2. The van der Waals surface area contributed by atoms with Gasteiger partial charge in [0, 0.05) is 24.3 Å². The van der Waals surface area contributed by atoms with Crippen LogP contribution in [0.1, 0.15) is 28.2 Å². The average molecular weight is 463 g/mol. The van der Waals surface area contributed by atoms with Crippen LogP contribution in [0.5, 0.6) is 5.75 Å². The average Bonchev–Trinajstić information content (AvgIpc) is 2.77. The van der Waals surface area contributed by atoms with Gasteiger partial charge in [0.2, 0.25) is 0 Å². The zero-order chi connectivity index (χ0) is 24.6. The van der Waals surface area contributed by atoms with Crippen molar-refractivity contribution in [2.75, 3.05) is 38.8 Å². The number of nitrogens with zero attached hydrogens (tertiary/aromatic N) is 2. The molecule has 0 saturated heterocycles. The third kappa shape index (κ3) is 4.23. The quantitative estimate of drug-likeness (QED) is 0.683. The number of benzene rings is 2. The lowest BCUT2D eigenvalue weighted by atomic mass is 9.73. The van der Waals surface area contributed by atoms with Gasteiger partial charge in [-0.05, 0) is 49.6 Å². The van der Waals surface area contributed by atoms with Gasteiger partial charge in [-0.15, -0.1) is 0 Å². The van der Waals surface area contributed by atoms with Crippen molar-refractivity contribution in [3.8, 4) is 5.75 Å². The Morgan fingerprint density at radius 3 is 2.44 bits per heavy atom. The van der Waals surface area contributed by atoms with E-state index in [9.17, 15) is 14.7 Å². The summed E-state index contributed by atoms with van der Waals surface area (Å²) in [6.07, 6.45) is 0. The highest BCUT2D eigenvalue weighted by molar-refractivity contribution is 6.11. The van der Waals surface area contributed by atoms with Crippen LogP contribution in [-0.2, 0) is 19.1 Å². The highest BCUT2D eigenvalue weighted by Gasteiger charge is 2.45. The summed E-state index contributed by atoms with van der Waals surface area (Å²) in [7, 11) is 2.87. The van der Waals surface area contributed by atoms with Crippen molar-refractivity contribution in [2.24, 2.45) is 10.9 Å². The number of aliphatic imine (C=N–C) groups is 1. The second kappa shape index (κ2) is 9.43. The van der Waals surface area contributed by atoms with E-state index in [-0.39, 0.29) is 24.7 Å². The Morgan fingerprint density at radius 1 is 1.12 bits per heavy atom. The summed E-state index contributed by atoms with van der Waals surface area (Å²) >= 11 is 0. The lowest BCUT2D eigenvalue weighted by Crippen LogP contribution is -2.46. The molecule has 2 atom stereocenters. The molecule has 0 fully saturated rings. The van der Waals surface area contributed by atoms with Crippen LogP contribution >= 0.6 is 0 Å². The van der Waals surface area contributed by atoms with Crippen LogP contribution in [0.4, 0.5) is 5.69 Å². The van der Waals surface area contributed by atoms with Crippen molar-refractivity contribution in [1.29, 1.82) is 0 Å². The van der Waals surface area contributed by atoms with Crippen molar-refractivity contribution in [3.63, 3.8) is 0 Å². The van der Waals surface area contributed by atoms with Crippen LogP contribution < -0.4 is 4.90 Å². The van der Waals surface area contributed by atoms with Gasteiger partial charge in [0.25, 0.3) is 0 Å². The first-order valence-electron chi connectivity index (χ1n) is 11.3. The Hall–Kier alpha value is -3.45. The maximum absolute atomic E-state index is 13.7. The molecule has 178 valence electrons. The molecule has 0 radical (unpaired) electrons. The molecule has 2 aromatic carbocycles. The number of anilines is 1. The lowest BCUT2D eigenvalue weighted by molar-refractivity contribution is -0.143. The molecule has 0 bridgehead atoms. The third-order valence-electron chi connectivity index (χ3n) is 6.50. The van der Waals surface area contributed by atoms with Crippen molar-refractivity contribution < 1.29 is 24.2 Å². The number of ether oxygens (including phenoxy) is 2. The fourth-order valence-electron chi connectivity index (χ4n) is 5.37. The van der Waals surface area contributed by atoms with Gasteiger partial charge in [-0.25, -0.2) is 0 Å². The van der Waals surface area contributed by atoms with E-state index in [1.165, 1.54) is 12.7 Å². The van der Waals surface area contributed by atoms with Gasteiger partial charge in [-0.2, -0.15) is 0 Å². The minimum absolute atomic E-state index is 0.0647. The number of ketones is 1. The number of Topliss-reactive ketones (excluding diaryl/α,β-unsaturated/α-hetero) is 1. The number of phenols is 1. The van der Waals surface area contributed by atoms with Gasteiger partial charge < -0.3 is 19.5 Å². The van der Waals surface area contributed by atoms with Crippen LogP contribution in [0, 0.1) is 26.7 Å². The Morgan fingerprint density at radius 2 is 1.82 bits per heavy atom. The summed E-state index contributed by atoms with van der Waals surface area (Å²) in [5, 5.41) is 10.2. The predicted molar refractivity (Wildman–Crippen MR) is 131 cm³/mol. The van der Waals surface area contributed by atoms with Crippen LogP contribution in [0.2, 0.25) is 0 Å². The van der Waals surface area contributed by atoms with Gasteiger partial charge >= 0.3 is 5.97 Å². The van der Waals surface area contributed by atoms with E-state index in [1.807, 2.05) is 19.9 Å². The number of carbonyl (C=O) groups is 2. The molecule has 1 N–H and O–H groups in total. The van der Waals surface area contributed by atoms with E-state index in [0.29, 0.717) is 29.1 Å². The number of carbonyl (C=O) groups excluding carboxylic acids is 2. The highest BCUT2D eigenvalue weighted by atomic mass is 16.5. The largest absolute Gasteiger partial charge is 0.508 e. The molecule has 2 aliphatic rings. The molecule has 0 aliphatic carbocycles. The Balaban J connectivity index is 1.88. The van der Waals surface area contributed by atoms with E-state index in [4.69, 9.17) is 14.5 Å². The fraction of sp³-hybridized carbons (Fsp3) is 0.370. The normalized spacial score (nSPS) is 20.2. The van der Waals surface area contributed by atoms with E-state index in [1.54, 1.807) is 25.3 Å². The number of aromatic hydroxyl groups is 1. The van der Waals surface area contributed by atoms with Crippen molar-refractivity contribution in [1.82, 2.24) is 0 Å². The Bertz CT molecular complexity index is 1190. The Kier molecular flexibility index (Phi) is 6.57. The maximum atomic E-state index is 13.7. The van der Waals surface area contributed by atoms with Gasteiger partial charge in [-0.1, -0.05) is 29.8 Å². The molecule has 0 aromatic heterocycles. The number of aryl methyl sites for hydroxylation is 3. The number of phenolic OH excluding ortho intramolecular Hbond substituents is 1. The van der Waals surface area contributed by atoms with Gasteiger partial charge in [0.05, 0.1) is 38.2 Å². The standard InChI is InChI=1S/C27H30N2O5/c1-15-9-16(2)26(17(3)10-15)29-12-20-24(22(31)13-29)23(18-7-6-8-19(30)11-18)25(27(32)34-5)21(28-20)14-33-4/h6-11,23,25,30H,12-14H2,1-5H3. The second-order valence-corrected chi connectivity index (χ2v) is 9.00. The number of esters is 1. The number of rotatable bonds is 5. The topological polar surface area (TPSA) is 88.4 Å². The van der Waals surface area contributed by atoms with E-state index in [2.05, 4.69) is 24.0 Å². The second-order valence-electron chi connectivity index (χ2n) is 9.00. The van der Waals surface area contributed by atoms with Crippen LogP contribution in [-0.4, -0.2) is 56.5 Å². The SMILES string of the molecule is COCC1=NC2=C(C(=O)CN(c3c(C)cc(C)cc3C)C2)C(c2cccc(O)c2)C1C(=O)OC. The van der Waals surface area contributed by atoms with Crippen molar-refractivity contribution in [2.45, 2.75) is 26.7 Å². The van der Waals surface area contributed by atoms with Crippen LogP contribution in [0.25, 0.3) is 0 Å². The third-order valence-corrected chi connectivity index (χ3v) is 6.50. The van der Waals surface area contributed by atoms with Crippen molar-refractivity contribution in [3.05, 3.63) is 69.9 Å². The number of hydrogen-bond acceptors (Lipinski definition) is 7. The van der Waals surface area contributed by atoms with Gasteiger partial charge in [-0.3, -0.25) is 14.6 Å². The zero-order valence-electron chi connectivity index (χ0n) is 20.2. The lowest BCUT2D eigenvalue weighted by Gasteiger charge is -2.39. The Labute approximate surface area is 199 Å². The molecular weight excluding hydrogens is 432 g/mol. The molecule has 0 spiro atoms. The molecule has 7 nitrogen and oxygen atoms in total. The van der Waals surface area contributed by atoms with Crippen molar-refractivity contribution >= 4 is 23.2 Å². The molecule has 2 aromatic rings. The minimum atomic E-state index is -0.816. The summed E-state index contributed by atoms with van der Waals surface area (Å²) < 4.78 is 10.5. The maximum Gasteiger partial charge on any atom is 0.315 e. The molecule has 0 saturated carbocycles. The monoisotopic (exact) mass is 462 g/mol. The molecule has 7 heteroatoms. The molecule has 34 heavy (non-hydrogen) atoms. The molecule has 2 unspecified atom stereocenters. The summed E-state index contributed by atoms with van der Waals surface area (Å²) in [6.45, 7) is 6.90. The van der Waals surface area contributed by atoms with Gasteiger partial charge in [0.15, 0.2) is 5.78 Å². The summed E-state index contributed by atoms with van der Waals surface area (Å²) in [4.78, 5) is 33.5.